The number of anilines is 1. The normalized spacial score (nSPS) is 25.1. The van der Waals surface area contributed by atoms with Crippen LogP contribution in [0.5, 0.6) is 0 Å². The first-order chi connectivity index (χ1) is 13.9. The van der Waals surface area contributed by atoms with Crippen LogP contribution in [-0.4, -0.2) is 59.7 Å². The van der Waals surface area contributed by atoms with Crippen molar-refractivity contribution in [3.63, 3.8) is 0 Å². The Morgan fingerprint density at radius 3 is 2.38 bits per heavy atom. The summed E-state index contributed by atoms with van der Waals surface area (Å²) in [4.78, 5) is 43.7. The van der Waals surface area contributed by atoms with Crippen molar-refractivity contribution in [3.05, 3.63) is 29.3 Å². The van der Waals surface area contributed by atoms with Gasteiger partial charge in [-0.15, -0.1) is 0 Å². The van der Waals surface area contributed by atoms with Crippen LogP contribution in [0.2, 0.25) is 5.02 Å². The molecule has 3 fully saturated rings. The molecule has 0 spiro atoms. The average Bonchev–Trinajstić information content (AvgIpc) is 3.02. The summed E-state index contributed by atoms with van der Waals surface area (Å²) in [6.07, 6.45) is 3.86. The van der Waals surface area contributed by atoms with E-state index in [9.17, 15) is 14.4 Å². The zero-order valence-electron chi connectivity index (χ0n) is 16.8. The number of carbonyl (C=O) groups is 3. The van der Waals surface area contributed by atoms with E-state index in [1.54, 1.807) is 24.3 Å². The minimum absolute atomic E-state index is 0.0379. The van der Waals surface area contributed by atoms with Gasteiger partial charge in [0.05, 0.1) is 18.2 Å². The van der Waals surface area contributed by atoms with Crippen LogP contribution in [0.1, 0.15) is 39.0 Å². The maximum Gasteiger partial charge on any atom is 0.251 e. The van der Waals surface area contributed by atoms with E-state index in [1.807, 2.05) is 4.90 Å². The van der Waals surface area contributed by atoms with Gasteiger partial charge in [-0.3, -0.25) is 19.3 Å². The topological polar surface area (TPSA) is 60.9 Å². The number of likely N-dealkylation sites (tertiary alicyclic amines) is 2. The highest BCUT2D eigenvalue weighted by Crippen LogP contribution is 2.30. The monoisotopic (exact) mass is 417 g/mol. The number of amides is 3. The Bertz CT molecular complexity index is 798. The molecule has 1 atom stereocenters. The Kier molecular flexibility index (Phi) is 5.93. The number of nitrogens with zero attached hydrogens (tertiary/aromatic N) is 3. The molecule has 3 heterocycles. The molecular formula is C22H28ClN3O3. The van der Waals surface area contributed by atoms with E-state index >= 15 is 0 Å². The average molecular weight is 418 g/mol. The van der Waals surface area contributed by atoms with Gasteiger partial charge in [-0.2, -0.15) is 0 Å². The lowest BCUT2D eigenvalue weighted by Crippen LogP contribution is -2.49. The van der Waals surface area contributed by atoms with Crippen molar-refractivity contribution < 1.29 is 14.4 Å². The number of rotatable bonds is 3. The van der Waals surface area contributed by atoms with Crippen LogP contribution in [0.15, 0.2) is 24.3 Å². The molecule has 0 aliphatic carbocycles. The van der Waals surface area contributed by atoms with Crippen LogP contribution in [0.25, 0.3) is 0 Å². The molecule has 0 bridgehead atoms. The standard InChI is InChI=1S/C22H28ClN3O3/c1-15-5-9-25(10-6-15)21(28)16-7-11-24(12-8-16)19-14-20(27)26(22(19)29)18-4-2-3-17(23)13-18/h2-4,13,15-16,19H,5-12,14H2,1H3/t19-/m1/s1. The number of carbonyl (C=O) groups excluding carboxylic acids is 3. The highest BCUT2D eigenvalue weighted by Gasteiger charge is 2.44. The first-order valence-corrected chi connectivity index (χ1v) is 11.0. The highest BCUT2D eigenvalue weighted by atomic mass is 35.5. The van der Waals surface area contributed by atoms with Crippen LogP contribution in [-0.2, 0) is 14.4 Å². The van der Waals surface area contributed by atoms with Gasteiger partial charge >= 0.3 is 0 Å². The molecule has 3 amide bonds. The van der Waals surface area contributed by atoms with E-state index in [2.05, 4.69) is 11.8 Å². The van der Waals surface area contributed by atoms with E-state index in [4.69, 9.17) is 11.6 Å². The molecule has 156 valence electrons. The van der Waals surface area contributed by atoms with Gasteiger partial charge in [0.2, 0.25) is 11.8 Å². The van der Waals surface area contributed by atoms with Crippen molar-refractivity contribution in [2.45, 2.75) is 45.1 Å². The molecule has 0 radical (unpaired) electrons. The smallest absolute Gasteiger partial charge is 0.251 e. The summed E-state index contributed by atoms with van der Waals surface area (Å²) in [5.41, 5.74) is 0.527. The lowest BCUT2D eigenvalue weighted by molar-refractivity contribution is -0.138. The summed E-state index contributed by atoms with van der Waals surface area (Å²) in [7, 11) is 0. The number of imide groups is 1. The maximum absolute atomic E-state index is 13.0. The number of halogens is 1. The van der Waals surface area contributed by atoms with Gasteiger partial charge < -0.3 is 4.90 Å². The number of hydrogen-bond donors (Lipinski definition) is 0. The van der Waals surface area contributed by atoms with Crippen molar-refractivity contribution in [2.24, 2.45) is 11.8 Å². The first-order valence-electron chi connectivity index (χ1n) is 10.6. The molecule has 0 N–H and O–H groups in total. The Hall–Kier alpha value is -1.92. The molecule has 0 unspecified atom stereocenters. The highest BCUT2D eigenvalue weighted by molar-refractivity contribution is 6.31. The first kappa shape index (κ1) is 20.4. The van der Waals surface area contributed by atoms with E-state index < -0.39 is 6.04 Å². The molecule has 0 saturated carbocycles. The van der Waals surface area contributed by atoms with Crippen molar-refractivity contribution >= 4 is 35.0 Å². The zero-order valence-corrected chi connectivity index (χ0v) is 17.6. The van der Waals surface area contributed by atoms with E-state index in [-0.39, 0.29) is 30.1 Å². The van der Waals surface area contributed by atoms with Crippen molar-refractivity contribution in [1.82, 2.24) is 9.80 Å². The van der Waals surface area contributed by atoms with Crippen molar-refractivity contribution in [1.29, 1.82) is 0 Å². The second-order valence-corrected chi connectivity index (χ2v) is 9.02. The molecule has 3 saturated heterocycles. The number of hydrogen-bond acceptors (Lipinski definition) is 4. The second-order valence-electron chi connectivity index (χ2n) is 8.59. The zero-order chi connectivity index (χ0) is 20.5. The van der Waals surface area contributed by atoms with Gasteiger partial charge in [-0.25, -0.2) is 4.90 Å². The van der Waals surface area contributed by atoms with Gasteiger partial charge in [-0.05, 0) is 62.9 Å². The maximum atomic E-state index is 13.0. The lowest BCUT2D eigenvalue weighted by atomic mass is 9.92. The lowest BCUT2D eigenvalue weighted by Gasteiger charge is -2.38. The minimum Gasteiger partial charge on any atom is -0.342 e. The van der Waals surface area contributed by atoms with Gasteiger partial charge in [-0.1, -0.05) is 24.6 Å². The van der Waals surface area contributed by atoms with Crippen molar-refractivity contribution in [3.8, 4) is 0 Å². The van der Waals surface area contributed by atoms with Gasteiger partial charge in [0.1, 0.15) is 0 Å². The third-order valence-corrected chi connectivity index (χ3v) is 6.84. The molecule has 29 heavy (non-hydrogen) atoms. The summed E-state index contributed by atoms with van der Waals surface area (Å²) in [6, 6.07) is 6.40. The van der Waals surface area contributed by atoms with Gasteiger partial charge in [0.15, 0.2) is 0 Å². The summed E-state index contributed by atoms with van der Waals surface area (Å²) in [6.45, 7) is 5.32. The summed E-state index contributed by atoms with van der Waals surface area (Å²) >= 11 is 6.03. The predicted octanol–water partition coefficient (Wildman–Crippen LogP) is 2.94. The third kappa shape index (κ3) is 4.19. The molecule has 7 heteroatoms. The molecular weight excluding hydrogens is 390 g/mol. The largest absolute Gasteiger partial charge is 0.342 e. The molecule has 0 aromatic heterocycles. The fourth-order valence-electron chi connectivity index (χ4n) is 4.73. The van der Waals surface area contributed by atoms with Crippen LogP contribution < -0.4 is 4.90 Å². The van der Waals surface area contributed by atoms with Crippen LogP contribution >= 0.6 is 11.6 Å². The van der Waals surface area contributed by atoms with Crippen LogP contribution in [0.3, 0.4) is 0 Å². The minimum atomic E-state index is -0.437. The summed E-state index contributed by atoms with van der Waals surface area (Å²) in [5.74, 6) is 0.631. The molecule has 3 aliphatic heterocycles. The predicted molar refractivity (Wildman–Crippen MR) is 112 cm³/mol. The van der Waals surface area contributed by atoms with Gasteiger partial charge in [0.25, 0.3) is 5.91 Å². The second kappa shape index (κ2) is 8.44. The molecule has 3 aliphatic rings. The number of piperidine rings is 2. The molecule has 1 aromatic rings. The third-order valence-electron chi connectivity index (χ3n) is 6.60. The van der Waals surface area contributed by atoms with Crippen molar-refractivity contribution in [2.75, 3.05) is 31.1 Å². The van der Waals surface area contributed by atoms with E-state index in [1.165, 1.54) is 4.90 Å². The van der Waals surface area contributed by atoms with Crippen LogP contribution in [0.4, 0.5) is 5.69 Å². The molecule has 1 aromatic carbocycles. The number of benzene rings is 1. The fourth-order valence-corrected chi connectivity index (χ4v) is 4.92. The van der Waals surface area contributed by atoms with E-state index in [0.29, 0.717) is 29.7 Å². The van der Waals surface area contributed by atoms with Crippen LogP contribution in [0, 0.1) is 11.8 Å². The van der Waals surface area contributed by atoms with E-state index in [0.717, 1.165) is 38.8 Å². The Morgan fingerprint density at radius 2 is 1.72 bits per heavy atom. The molecule has 4 rings (SSSR count). The summed E-state index contributed by atoms with van der Waals surface area (Å²) in [5, 5.41) is 0.498. The quantitative estimate of drug-likeness (QED) is 0.709. The summed E-state index contributed by atoms with van der Waals surface area (Å²) < 4.78 is 0. The van der Waals surface area contributed by atoms with Gasteiger partial charge in [0, 0.05) is 24.0 Å². The Labute approximate surface area is 176 Å². The SMILES string of the molecule is CC1CCN(C(=O)C2CCN([C@@H]3CC(=O)N(c4cccc(Cl)c4)C3=O)CC2)CC1. The fraction of sp³-hybridized carbons (Fsp3) is 0.591. The Balaban J connectivity index is 1.36. The molecule has 6 nitrogen and oxygen atoms in total. The Morgan fingerprint density at radius 1 is 1.03 bits per heavy atom.